The number of benzene rings is 1. The van der Waals surface area contributed by atoms with Gasteiger partial charge in [-0.3, -0.25) is 13.5 Å². The first kappa shape index (κ1) is 19.8. The molecule has 0 radical (unpaired) electrons. The van der Waals surface area contributed by atoms with Gasteiger partial charge in [-0.2, -0.15) is 8.42 Å². The van der Waals surface area contributed by atoms with Gasteiger partial charge < -0.3 is 15.6 Å². The van der Waals surface area contributed by atoms with E-state index in [1.165, 1.54) is 36.9 Å². The molecule has 1 aromatic carbocycles. The van der Waals surface area contributed by atoms with E-state index in [1.807, 2.05) is 0 Å². The highest BCUT2D eigenvalue weighted by molar-refractivity contribution is 7.85. The Kier molecular flexibility index (Phi) is 5.07. The van der Waals surface area contributed by atoms with E-state index in [-0.39, 0.29) is 23.7 Å². The predicted molar refractivity (Wildman–Crippen MR) is 103 cm³/mol. The fraction of sp³-hybridized carbons (Fsp3) is 0.176. The zero-order valence-electron chi connectivity index (χ0n) is 15.2. The number of nitrogens with zero attached hydrogens (tertiary/aromatic N) is 4. The second-order valence-corrected chi connectivity index (χ2v) is 7.57. The fourth-order valence-corrected chi connectivity index (χ4v) is 3.53. The predicted octanol–water partition coefficient (Wildman–Crippen LogP) is 0.259. The van der Waals surface area contributed by atoms with Gasteiger partial charge in [0.2, 0.25) is 0 Å². The summed E-state index contributed by atoms with van der Waals surface area (Å²) in [6.45, 7) is -0.375. The van der Waals surface area contributed by atoms with Crippen molar-refractivity contribution in [2.45, 2.75) is 12.3 Å². The molecule has 0 unspecified atom stereocenters. The zero-order chi connectivity index (χ0) is 21.3. The maximum absolute atomic E-state index is 12.0. The van der Waals surface area contributed by atoms with Crippen LogP contribution in [0.25, 0.3) is 11.2 Å². The molecule has 4 N–H and O–H groups in total. The van der Waals surface area contributed by atoms with E-state index in [0.29, 0.717) is 11.2 Å². The lowest BCUT2D eigenvalue weighted by atomic mass is 10.2. The zero-order valence-corrected chi connectivity index (χ0v) is 16.1. The first-order chi connectivity index (χ1) is 14.3. The Morgan fingerprint density at radius 1 is 1.27 bits per heavy atom. The normalized spacial score (nSPS) is 18.7. The minimum Gasteiger partial charge on any atom is -0.507 e. The van der Waals surface area contributed by atoms with Crippen molar-refractivity contribution >= 4 is 33.2 Å². The molecule has 1 aliphatic heterocycles. The molecule has 0 fully saturated rings. The molecule has 0 aliphatic carbocycles. The van der Waals surface area contributed by atoms with Gasteiger partial charge in [-0.05, 0) is 18.2 Å². The Bertz CT molecular complexity index is 1240. The van der Waals surface area contributed by atoms with E-state index in [1.54, 1.807) is 21.4 Å². The number of carbonyl (C=O) groups is 1. The summed E-state index contributed by atoms with van der Waals surface area (Å²) >= 11 is 0. The smallest absolute Gasteiger partial charge is 0.362 e. The van der Waals surface area contributed by atoms with Crippen LogP contribution in [0.15, 0.2) is 49.1 Å². The van der Waals surface area contributed by atoms with Crippen molar-refractivity contribution in [1.29, 1.82) is 0 Å². The number of hydrogen-bond donors (Lipinski definition) is 3. The molecule has 2 aromatic heterocycles. The number of ether oxygens (including phenoxy) is 1. The molecule has 4 rings (SSSR count). The van der Waals surface area contributed by atoms with Crippen LogP contribution in [0, 0.1) is 0 Å². The third kappa shape index (κ3) is 3.94. The number of phenols is 1. The topological polar surface area (TPSA) is 172 Å². The molecule has 3 aromatic rings. The Hall–Kier alpha value is -3.55. The number of aromatic nitrogens is 4. The number of anilines is 1. The maximum atomic E-state index is 12.0. The molecule has 0 bridgehead atoms. The molecule has 3 heterocycles. The molecule has 13 heteroatoms. The van der Waals surface area contributed by atoms with Crippen LogP contribution in [-0.2, 0) is 19.2 Å². The highest BCUT2D eigenvalue weighted by atomic mass is 32.2. The number of rotatable bonds is 6. The molecule has 0 spiro atoms. The lowest BCUT2D eigenvalue weighted by molar-refractivity contribution is -0.000473. The van der Waals surface area contributed by atoms with Crippen molar-refractivity contribution in [2.75, 3.05) is 12.3 Å². The van der Waals surface area contributed by atoms with Gasteiger partial charge in [-0.25, -0.2) is 19.7 Å². The monoisotopic (exact) mass is 432 g/mol. The minimum absolute atomic E-state index is 0.199. The van der Waals surface area contributed by atoms with Gasteiger partial charge >= 0.3 is 10.3 Å². The van der Waals surface area contributed by atoms with Crippen LogP contribution >= 0.6 is 0 Å². The highest BCUT2D eigenvalue weighted by Gasteiger charge is 2.26. The summed E-state index contributed by atoms with van der Waals surface area (Å²) in [7, 11) is -4.43. The standard InChI is InChI=1S/C17H16N6O6S/c18-15-14-16(20-8-19-15)23(9-21-14)13-6-5-10(29-13)7-28-30(26,27)22-17(25)11-3-1-2-4-12(11)24/h1-6,8-10,13,24H,7H2,(H,22,25)(H2,18,19,20)/t10-,13+/m0/s1. The van der Waals surface area contributed by atoms with Gasteiger partial charge in [0, 0.05) is 0 Å². The summed E-state index contributed by atoms with van der Waals surface area (Å²) in [5.41, 5.74) is 6.44. The number of nitrogens with one attached hydrogen (secondary N) is 1. The van der Waals surface area contributed by atoms with Crippen LogP contribution in [0.3, 0.4) is 0 Å². The number of aromatic hydroxyl groups is 1. The van der Waals surface area contributed by atoms with Crippen molar-refractivity contribution in [3.63, 3.8) is 0 Å². The van der Waals surface area contributed by atoms with E-state index in [4.69, 9.17) is 14.7 Å². The summed E-state index contributed by atoms with van der Waals surface area (Å²) in [4.78, 5) is 24.2. The lowest BCUT2D eigenvalue weighted by Gasteiger charge is -2.16. The maximum Gasteiger partial charge on any atom is 0.362 e. The number of para-hydroxylation sites is 1. The molecule has 1 amide bonds. The lowest BCUT2D eigenvalue weighted by Crippen LogP contribution is -2.34. The number of phenolic OH excluding ortho intramolecular Hbond substituents is 1. The van der Waals surface area contributed by atoms with E-state index in [9.17, 15) is 18.3 Å². The quantitative estimate of drug-likeness (QED) is 0.459. The number of nitrogen functional groups attached to an aromatic ring is 1. The average molecular weight is 432 g/mol. The Morgan fingerprint density at radius 3 is 2.87 bits per heavy atom. The minimum atomic E-state index is -4.43. The SMILES string of the molecule is Nc1ncnc2c1ncn2[C@H]1C=C[C@@H](COS(=O)(=O)NC(=O)c2ccccc2O)O1. The van der Waals surface area contributed by atoms with Crippen LogP contribution in [-0.4, -0.2) is 51.7 Å². The number of carbonyl (C=O) groups excluding carboxylic acids is 1. The van der Waals surface area contributed by atoms with Crippen LogP contribution < -0.4 is 10.5 Å². The van der Waals surface area contributed by atoms with Gasteiger partial charge in [-0.15, -0.1) is 0 Å². The Balaban J connectivity index is 1.37. The summed E-state index contributed by atoms with van der Waals surface area (Å²) in [6.07, 6.45) is 4.77. The molecular formula is C17H16N6O6S. The average Bonchev–Trinajstić information content (AvgIpc) is 3.34. The molecule has 30 heavy (non-hydrogen) atoms. The number of fused-ring (bicyclic) bond motifs is 1. The number of amides is 1. The van der Waals surface area contributed by atoms with Crippen LogP contribution in [0.5, 0.6) is 5.75 Å². The highest BCUT2D eigenvalue weighted by Crippen LogP contribution is 2.26. The molecule has 0 saturated carbocycles. The van der Waals surface area contributed by atoms with Gasteiger partial charge in [0.05, 0.1) is 18.5 Å². The molecule has 1 aliphatic rings. The van der Waals surface area contributed by atoms with Crippen LogP contribution in [0.4, 0.5) is 5.82 Å². The van der Waals surface area contributed by atoms with E-state index < -0.39 is 28.5 Å². The summed E-state index contributed by atoms with van der Waals surface area (Å²) in [5, 5.41) is 9.64. The Labute approximate surface area is 170 Å². The van der Waals surface area contributed by atoms with E-state index in [2.05, 4.69) is 15.0 Å². The second kappa shape index (κ2) is 7.70. The van der Waals surface area contributed by atoms with E-state index in [0.717, 1.165) is 0 Å². The van der Waals surface area contributed by atoms with E-state index >= 15 is 0 Å². The number of imidazole rings is 1. The van der Waals surface area contributed by atoms with Gasteiger partial charge in [0.1, 0.15) is 23.7 Å². The molecular weight excluding hydrogens is 416 g/mol. The second-order valence-electron chi connectivity index (χ2n) is 6.22. The molecule has 2 atom stereocenters. The largest absolute Gasteiger partial charge is 0.507 e. The molecule has 156 valence electrons. The fourth-order valence-electron chi connectivity index (χ4n) is 2.82. The molecule has 0 saturated heterocycles. The van der Waals surface area contributed by atoms with Crippen molar-refractivity contribution in [3.8, 4) is 5.75 Å². The van der Waals surface area contributed by atoms with Crippen molar-refractivity contribution in [1.82, 2.24) is 24.2 Å². The van der Waals surface area contributed by atoms with Gasteiger partial charge in [0.15, 0.2) is 17.7 Å². The summed E-state index contributed by atoms with van der Waals surface area (Å²) in [6, 6.07) is 5.52. The summed E-state index contributed by atoms with van der Waals surface area (Å²) in [5.74, 6) is -1.14. The molecule has 12 nitrogen and oxygen atoms in total. The number of nitrogens with two attached hydrogens (primary N) is 1. The van der Waals surface area contributed by atoms with Crippen LogP contribution in [0.1, 0.15) is 16.6 Å². The van der Waals surface area contributed by atoms with Gasteiger partial charge in [-0.1, -0.05) is 18.2 Å². The summed E-state index contributed by atoms with van der Waals surface area (Å²) < 4.78 is 38.0. The van der Waals surface area contributed by atoms with Crippen LogP contribution in [0.2, 0.25) is 0 Å². The first-order valence-corrected chi connectivity index (χ1v) is 10.0. The van der Waals surface area contributed by atoms with Gasteiger partial charge in [0.25, 0.3) is 5.91 Å². The number of hydrogen-bond acceptors (Lipinski definition) is 10. The Morgan fingerprint density at radius 2 is 2.07 bits per heavy atom. The van der Waals surface area contributed by atoms with Crippen molar-refractivity contribution in [3.05, 3.63) is 54.6 Å². The third-order valence-corrected chi connectivity index (χ3v) is 5.10. The third-order valence-electron chi connectivity index (χ3n) is 4.22. The van der Waals surface area contributed by atoms with Crippen molar-refractivity contribution < 1.29 is 27.2 Å². The first-order valence-electron chi connectivity index (χ1n) is 8.60. The van der Waals surface area contributed by atoms with Crippen molar-refractivity contribution in [2.24, 2.45) is 0 Å².